The van der Waals surface area contributed by atoms with Crippen molar-refractivity contribution in [2.75, 3.05) is 5.32 Å². The Labute approximate surface area is 125 Å². The Morgan fingerprint density at radius 2 is 1.82 bits per heavy atom. The minimum absolute atomic E-state index is 0.0625. The summed E-state index contributed by atoms with van der Waals surface area (Å²) in [5, 5.41) is 12.7. The molecule has 110 valence electrons. The number of phenolic OH excluding ortho intramolecular Hbond substituents is 1. The van der Waals surface area contributed by atoms with Crippen LogP contribution < -0.4 is 10.9 Å². The van der Waals surface area contributed by atoms with Crippen LogP contribution in [0, 0.1) is 0 Å². The maximum Gasteiger partial charge on any atom is 0.336 e. The highest BCUT2D eigenvalue weighted by Gasteiger charge is 2.10. The molecule has 22 heavy (non-hydrogen) atoms. The molecule has 5 heteroatoms. The standard InChI is InChI=1S/C17H13NO4/c19-13-7-5-12(6-8-13)18-16(20)9-11-10-17(21)22-15-4-2-1-3-14(11)15/h1-8,10,19H,9H2,(H,18,20). The zero-order valence-corrected chi connectivity index (χ0v) is 11.6. The Balaban J connectivity index is 1.85. The van der Waals surface area contributed by atoms with Crippen molar-refractivity contribution in [1.29, 1.82) is 0 Å². The SMILES string of the molecule is O=C(Cc1cc(=O)oc2ccccc12)Nc1ccc(O)cc1. The van der Waals surface area contributed by atoms with E-state index in [4.69, 9.17) is 4.42 Å². The summed E-state index contributed by atoms with van der Waals surface area (Å²) in [7, 11) is 0. The number of nitrogens with one attached hydrogen (secondary N) is 1. The van der Waals surface area contributed by atoms with E-state index >= 15 is 0 Å². The van der Waals surface area contributed by atoms with E-state index in [2.05, 4.69) is 5.32 Å². The van der Waals surface area contributed by atoms with Crippen molar-refractivity contribution in [3.05, 3.63) is 70.6 Å². The number of hydrogen-bond donors (Lipinski definition) is 2. The fourth-order valence-electron chi connectivity index (χ4n) is 2.25. The molecule has 1 aromatic heterocycles. The zero-order chi connectivity index (χ0) is 15.5. The third-order valence-electron chi connectivity index (χ3n) is 3.24. The number of benzene rings is 2. The molecular weight excluding hydrogens is 282 g/mol. The molecular formula is C17H13NO4. The van der Waals surface area contributed by atoms with Gasteiger partial charge in [-0.1, -0.05) is 18.2 Å². The van der Waals surface area contributed by atoms with E-state index in [-0.39, 0.29) is 18.1 Å². The van der Waals surface area contributed by atoms with Gasteiger partial charge in [0.1, 0.15) is 11.3 Å². The lowest BCUT2D eigenvalue weighted by atomic mass is 10.1. The number of aromatic hydroxyl groups is 1. The molecule has 0 bridgehead atoms. The summed E-state index contributed by atoms with van der Waals surface area (Å²) >= 11 is 0. The highest BCUT2D eigenvalue weighted by atomic mass is 16.4. The summed E-state index contributed by atoms with van der Waals surface area (Å²) in [6.45, 7) is 0. The van der Waals surface area contributed by atoms with Gasteiger partial charge in [-0.25, -0.2) is 4.79 Å². The highest BCUT2D eigenvalue weighted by Crippen LogP contribution is 2.18. The molecule has 3 rings (SSSR count). The number of anilines is 1. The van der Waals surface area contributed by atoms with Gasteiger partial charge in [-0.15, -0.1) is 0 Å². The number of phenols is 1. The number of fused-ring (bicyclic) bond motifs is 1. The minimum atomic E-state index is -0.480. The van der Waals surface area contributed by atoms with Crippen molar-refractivity contribution in [1.82, 2.24) is 0 Å². The van der Waals surface area contributed by atoms with Crippen molar-refractivity contribution in [2.45, 2.75) is 6.42 Å². The minimum Gasteiger partial charge on any atom is -0.508 e. The normalized spacial score (nSPS) is 10.5. The van der Waals surface area contributed by atoms with E-state index in [0.717, 1.165) is 5.39 Å². The van der Waals surface area contributed by atoms with E-state index < -0.39 is 5.63 Å². The molecule has 0 atom stereocenters. The average Bonchev–Trinajstić information content (AvgIpc) is 2.49. The van der Waals surface area contributed by atoms with Gasteiger partial charge in [-0.05, 0) is 35.9 Å². The largest absolute Gasteiger partial charge is 0.508 e. The van der Waals surface area contributed by atoms with E-state index in [0.29, 0.717) is 16.8 Å². The molecule has 0 spiro atoms. The number of amides is 1. The summed E-state index contributed by atoms with van der Waals surface area (Å²) in [5.74, 6) is -0.119. The lowest BCUT2D eigenvalue weighted by molar-refractivity contribution is -0.115. The van der Waals surface area contributed by atoms with Crippen LogP contribution in [0.25, 0.3) is 11.0 Å². The van der Waals surface area contributed by atoms with Crippen molar-refractivity contribution in [2.24, 2.45) is 0 Å². The predicted octanol–water partition coefficient (Wildman–Crippen LogP) is 2.68. The molecule has 0 fully saturated rings. The van der Waals surface area contributed by atoms with E-state index in [9.17, 15) is 14.7 Å². The lowest BCUT2D eigenvalue weighted by Crippen LogP contribution is -2.15. The van der Waals surface area contributed by atoms with Crippen LogP contribution in [0.5, 0.6) is 5.75 Å². The number of carbonyl (C=O) groups is 1. The van der Waals surface area contributed by atoms with Crippen LogP contribution in [0.3, 0.4) is 0 Å². The predicted molar refractivity (Wildman–Crippen MR) is 82.9 cm³/mol. The summed E-state index contributed by atoms with van der Waals surface area (Å²) in [6.07, 6.45) is 0.0625. The maximum atomic E-state index is 12.1. The van der Waals surface area contributed by atoms with Crippen molar-refractivity contribution >= 4 is 22.6 Å². The molecule has 2 N–H and O–H groups in total. The second kappa shape index (κ2) is 5.73. The number of para-hydroxylation sites is 1. The monoisotopic (exact) mass is 295 g/mol. The Morgan fingerprint density at radius 1 is 1.09 bits per heavy atom. The quantitative estimate of drug-likeness (QED) is 0.575. The van der Waals surface area contributed by atoms with E-state index in [1.807, 2.05) is 6.07 Å². The van der Waals surface area contributed by atoms with E-state index in [1.54, 1.807) is 30.3 Å². The van der Waals surface area contributed by atoms with Gasteiger partial charge in [0.05, 0.1) is 6.42 Å². The van der Waals surface area contributed by atoms with Gasteiger partial charge in [-0.2, -0.15) is 0 Å². The average molecular weight is 295 g/mol. The zero-order valence-electron chi connectivity index (χ0n) is 11.6. The summed E-state index contributed by atoms with van der Waals surface area (Å²) < 4.78 is 5.10. The van der Waals surface area contributed by atoms with Crippen LogP contribution in [-0.2, 0) is 11.2 Å². The first-order chi connectivity index (χ1) is 10.6. The van der Waals surface area contributed by atoms with Gasteiger partial charge in [0.15, 0.2) is 0 Å². The number of hydrogen-bond acceptors (Lipinski definition) is 4. The third-order valence-corrected chi connectivity index (χ3v) is 3.24. The summed E-state index contributed by atoms with van der Waals surface area (Å²) in [5.41, 5.74) is 1.17. The van der Waals surface area contributed by atoms with Gasteiger partial charge in [0, 0.05) is 17.1 Å². The molecule has 3 aromatic rings. The van der Waals surface area contributed by atoms with Crippen LogP contribution in [0.2, 0.25) is 0 Å². The van der Waals surface area contributed by atoms with Crippen molar-refractivity contribution < 1.29 is 14.3 Å². The molecule has 1 amide bonds. The summed E-state index contributed by atoms with van der Waals surface area (Å²) in [4.78, 5) is 23.7. The lowest BCUT2D eigenvalue weighted by Gasteiger charge is -2.07. The van der Waals surface area contributed by atoms with Gasteiger partial charge < -0.3 is 14.8 Å². The second-order valence-corrected chi connectivity index (χ2v) is 4.86. The maximum absolute atomic E-state index is 12.1. The molecule has 0 aliphatic carbocycles. The Bertz CT molecular complexity index is 881. The van der Waals surface area contributed by atoms with Crippen LogP contribution in [0.1, 0.15) is 5.56 Å². The molecule has 1 heterocycles. The molecule has 0 aliphatic rings. The Morgan fingerprint density at radius 3 is 2.59 bits per heavy atom. The van der Waals surface area contributed by atoms with Crippen LogP contribution >= 0.6 is 0 Å². The van der Waals surface area contributed by atoms with E-state index in [1.165, 1.54) is 18.2 Å². The third kappa shape index (κ3) is 2.98. The number of rotatable bonds is 3. The second-order valence-electron chi connectivity index (χ2n) is 4.86. The molecule has 0 saturated heterocycles. The van der Waals surface area contributed by atoms with Crippen LogP contribution in [0.15, 0.2) is 63.8 Å². The van der Waals surface area contributed by atoms with Gasteiger partial charge in [0.25, 0.3) is 0 Å². The first-order valence-corrected chi connectivity index (χ1v) is 6.72. The van der Waals surface area contributed by atoms with Gasteiger partial charge >= 0.3 is 5.63 Å². The molecule has 0 radical (unpaired) electrons. The summed E-state index contributed by atoms with van der Waals surface area (Å²) in [6, 6.07) is 14.6. The van der Waals surface area contributed by atoms with Gasteiger partial charge in [-0.3, -0.25) is 4.79 Å². The van der Waals surface area contributed by atoms with Crippen LogP contribution in [-0.4, -0.2) is 11.0 Å². The Hall–Kier alpha value is -3.08. The molecule has 2 aromatic carbocycles. The molecule has 0 saturated carbocycles. The van der Waals surface area contributed by atoms with Crippen molar-refractivity contribution in [3.8, 4) is 5.75 Å². The molecule has 0 aliphatic heterocycles. The fourth-order valence-corrected chi connectivity index (χ4v) is 2.25. The molecule has 5 nitrogen and oxygen atoms in total. The topological polar surface area (TPSA) is 79.5 Å². The van der Waals surface area contributed by atoms with Crippen molar-refractivity contribution in [3.63, 3.8) is 0 Å². The Kier molecular flexibility index (Phi) is 3.62. The number of carbonyl (C=O) groups excluding carboxylic acids is 1. The first-order valence-electron chi connectivity index (χ1n) is 6.72. The fraction of sp³-hybridized carbons (Fsp3) is 0.0588. The van der Waals surface area contributed by atoms with Crippen LogP contribution in [0.4, 0.5) is 5.69 Å². The molecule has 0 unspecified atom stereocenters. The van der Waals surface area contributed by atoms with Gasteiger partial charge in [0.2, 0.25) is 5.91 Å². The smallest absolute Gasteiger partial charge is 0.336 e. The first kappa shape index (κ1) is 13.9. The highest BCUT2D eigenvalue weighted by molar-refractivity contribution is 5.95.